The Hall–Kier alpha value is -3.37. The first-order valence-corrected chi connectivity index (χ1v) is 17.5. The molecule has 0 aliphatic carbocycles. The molecule has 252 valence electrons. The van der Waals surface area contributed by atoms with Crippen molar-refractivity contribution in [3.8, 4) is 0 Å². The maximum absolute atomic E-state index is 13.9. The lowest BCUT2D eigenvalue weighted by Crippen LogP contribution is -2.57. The molecule has 1 aliphatic rings. The molecule has 1 fully saturated rings. The first-order chi connectivity index (χ1) is 21.9. The van der Waals surface area contributed by atoms with Gasteiger partial charge in [0.05, 0.1) is 17.1 Å². The summed E-state index contributed by atoms with van der Waals surface area (Å²) < 4.78 is 0. The molecule has 5 atom stereocenters. The predicted octanol–water partition coefficient (Wildman–Crippen LogP) is 5.06. The van der Waals surface area contributed by atoms with Gasteiger partial charge in [-0.1, -0.05) is 76.9 Å². The van der Waals surface area contributed by atoms with E-state index >= 15 is 0 Å². The topological polar surface area (TPSA) is 112 Å². The molecule has 3 amide bonds. The Kier molecular flexibility index (Phi) is 14.6. The third-order valence-corrected chi connectivity index (χ3v) is 10.1. The van der Waals surface area contributed by atoms with Crippen molar-refractivity contribution >= 4 is 35.3 Å². The van der Waals surface area contributed by atoms with E-state index < -0.39 is 6.04 Å². The minimum absolute atomic E-state index is 0.00322. The molecule has 2 heterocycles. The molecule has 0 spiro atoms. The Bertz CT molecular complexity index is 1330. The van der Waals surface area contributed by atoms with Crippen LogP contribution >= 0.6 is 11.3 Å². The number of likely N-dealkylation sites (N-methyl/N-ethyl adjacent to an activating group) is 2. The lowest BCUT2D eigenvalue weighted by molar-refractivity contribution is -0.140. The second kappa shape index (κ2) is 18.1. The molecule has 9 nitrogen and oxygen atoms in total. The van der Waals surface area contributed by atoms with E-state index in [2.05, 4.69) is 34.4 Å². The highest BCUT2D eigenvalue weighted by Crippen LogP contribution is 2.22. The fourth-order valence-corrected chi connectivity index (χ4v) is 6.91. The van der Waals surface area contributed by atoms with E-state index in [1.807, 2.05) is 63.2 Å². The minimum Gasteiger partial charge on any atom is -0.344 e. The molecule has 0 bridgehead atoms. The van der Waals surface area contributed by atoms with Gasteiger partial charge in [0.25, 0.3) is 5.91 Å². The molecule has 1 aliphatic heterocycles. The van der Waals surface area contributed by atoms with Gasteiger partial charge in [0, 0.05) is 24.9 Å². The number of amides is 3. The number of aldehydes is 1. The van der Waals surface area contributed by atoms with Gasteiger partial charge in [0.15, 0.2) is 0 Å². The van der Waals surface area contributed by atoms with Gasteiger partial charge in [-0.3, -0.25) is 24.1 Å². The van der Waals surface area contributed by atoms with E-state index in [1.54, 1.807) is 18.4 Å². The zero-order valence-electron chi connectivity index (χ0n) is 28.6. The van der Waals surface area contributed by atoms with Crippen molar-refractivity contribution in [3.05, 3.63) is 63.6 Å². The zero-order chi connectivity index (χ0) is 33.8. The Morgan fingerprint density at radius 2 is 1.85 bits per heavy atom. The van der Waals surface area contributed by atoms with Gasteiger partial charge in [0.1, 0.15) is 18.0 Å². The number of hydrogen-bond donors (Lipinski definition) is 2. The molecule has 1 saturated heterocycles. The Balaban J connectivity index is 1.66. The highest BCUT2D eigenvalue weighted by molar-refractivity contribution is 7.09. The molecular formula is C36H53N5O4S. The predicted molar refractivity (Wildman–Crippen MR) is 185 cm³/mol. The van der Waals surface area contributed by atoms with Gasteiger partial charge in [-0.25, -0.2) is 4.98 Å². The smallest absolute Gasteiger partial charge is 0.271 e. The van der Waals surface area contributed by atoms with Crippen molar-refractivity contribution in [1.29, 1.82) is 0 Å². The summed E-state index contributed by atoms with van der Waals surface area (Å²) in [6.07, 6.45) is 8.10. The van der Waals surface area contributed by atoms with Crippen LogP contribution in [0.4, 0.5) is 0 Å². The van der Waals surface area contributed by atoms with Gasteiger partial charge in [-0.2, -0.15) is 0 Å². The van der Waals surface area contributed by atoms with E-state index in [-0.39, 0.29) is 47.7 Å². The van der Waals surface area contributed by atoms with Crippen LogP contribution in [-0.2, 0) is 27.2 Å². The van der Waals surface area contributed by atoms with Crippen LogP contribution in [0.25, 0.3) is 0 Å². The number of allylic oxidation sites excluding steroid dienone is 1. The average Bonchev–Trinajstić information content (AvgIpc) is 3.52. The molecule has 0 radical (unpaired) electrons. The van der Waals surface area contributed by atoms with Crippen LogP contribution in [0.2, 0.25) is 0 Å². The first-order valence-electron chi connectivity index (χ1n) is 16.6. The number of carbonyl (C=O) groups excluding carboxylic acids is 4. The van der Waals surface area contributed by atoms with E-state index in [1.165, 1.54) is 11.3 Å². The number of piperidine rings is 1. The minimum atomic E-state index is -0.588. The quantitative estimate of drug-likeness (QED) is 0.194. The molecule has 3 rings (SSSR count). The monoisotopic (exact) mass is 651 g/mol. The third-order valence-electron chi connectivity index (χ3n) is 9.17. The number of aromatic nitrogens is 1. The SMILES string of the molecule is CCC(C)[C@H](NC(=O)[C@H]1CCCCN1C)C(=O)N(C)[C@H](CCc1nc(C(=O)N[C@H](/C=C(\C)C=O)Cc2ccccc2)cs1)C(C)C. The van der Waals surface area contributed by atoms with Crippen molar-refractivity contribution < 1.29 is 19.2 Å². The second-order valence-electron chi connectivity index (χ2n) is 13.1. The van der Waals surface area contributed by atoms with Crippen LogP contribution in [0.15, 0.2) is 47.4 Å². The lowest BCUT2D eigenvalue weighted by atomic mass is 9.93. The number of likely N-dealkylation sites (tertiary alicyclic amines) is 1. The van der Waals surface area contributed by atoms with Crippen LogP contribution < -0.4 is 10.6 Å². The van der Waals surface area contributed by atoms with Crippen molar-refractivity contribution in [2.24, 2.45) is 11.8 Å². The average molecular weight is 652 g/mol. The first kappa shape index (κ1) is 37.1. The summed E-state index contributed by atoms with van der Waals surface area (Å²) in [6.45, 7) is 10.9. The molecule has 1 unspecified atom stereocenters. The number of nitrogens with zero attached hydrogens (tertiary/aromatic N) is 3. The van der Waals surface area contributed by atoms with Crippen molar-refractivity contribution in [3.63, 3.8) is 0 Å². The van der Waals surface area contributed by atoms with Crippen LogP contribution in [0.1, 0.15) is 87.8 Å². The molecule has 0 saturated carbocycles. The lowest BCUT2D eigenvalue weighted by Gasteiger charge is -2.37. The van der Waals surface area contributed by atoms with Crippen molar-refractivity contribution in [2.45, 2.75) is 104 Å². The normalized spacial score (nSPS) is 18.3. The molecule has 2 aromatic rings. The van der Waals surface area contributed by atoms with E-state index in [0.29, 0.717) is 30.5 Å². The Morgan fingerprint density at radius 3 is 2.48 bits per heavy atom. The van der Waals surface area contributed by atoms with E-state index in [4.69, 9.17) is 0 Å². The van der Waals surface area contributed by atoms with Crippen LogP contribution in [0.3, 0.4) is 0 Å². The molecular weight excluding hydrogens is 598 g/mol. The summed E-state index contributed by atoms with van der Waals surface area (Å²) in [5.74, 6) is -0.242. The fourth-order valence-electron chi connectivity index (χ4n) is 6.12. The number of aryl methyl sites for hydroxylation is 1. The number of nitrogens with one attached hydrogen (secondary N) is 2. The second-order valence-corrected chi connectivity index (χ2v) is 14.0. The number of benzene rings is 1. The standard InChI is InChI=1S/C36H53N5O4S/c1-8-26(5)33(39-35(44)31-16-12-13-19-40(31)6)36(45)41(7)30(24(2)3)17-18-32-38-29(23-46-32)34(43)37-28(20-25(4)22-42)21-27-14-10-9-11-15-27/h9-11,14-15,20,22-24,26,28,30-31,33H,8,12-13,16-19,21H2,1-7H3,(H,37,43)(H,39,44)/b25-20+/t26?,28-,30-,31-,33+/m1/s1. The molecule has 46 heavy (non-hydrogen) atoms. The summed E-state index contributed by atoms with van der Waals surface area (Å²) in [4.78, 5) is 60.2. The molecule has 1 aromatic heterocycles. The summed E-state index contributed by atoms with van der Waals surface area (Å²) in [5, 5.41) is 8.74. The maximum Gasteiger partial charge on any atom is 0.271 e. The van der Waals surface area contributed by atoms with Crippen LogP contribution in [0, 0.1) is 11.8 Å². The van der Waals surface area contributed by atoms with Crippen molar-refractivity contribution in [2.75, 3.05) is 20.6 Å². The molecule has 2 N–H and O–H groups in total. The Labute approximate surface area is 279 Å². The van der Waals surface area contributed by atoms with Gasteiger partial charge in [0.2, 0.25) is 11.8 Å². The van der Waals surface area contributed by atoms with Crippen LogP contribution in [0.5, 0.6) is 0 Å². The largest absolute Gasteiger partial charge is 0.344 e. The van der Waals surface area contributed by atoms with Crippen molar-refractivity contribution in [1.82, 2.24) is 25.4 Å². The summed E-state index contributed by atoms with van der Waals surface area (Å²) in [5.41, 5.74) is 1.94. The number of thiazole rings is 1. The molecule has 1 aromatic carbocycles. The number of hydrogen-bond acceptors (Lipinski definition) is 7. The third kappa shape index (κ3) is 10.6. The van der Waals surface area contributed by atoms with Gasteiger partial charge in [-0.05, 0) is 69.2 Å². The molecule has 10 heteroatoms. The van der Waals surface area contributed by atoms with Gasteiger partial charge in [-0.15, -0.1) is 11.3 Å². The summed E-state index contributed by atoms with van der Waals surface area (Å²) in [7, 11) is 3.82. The van der Waals surface area contributed by atoms with Gasteiger partial charge < -0.3 is 15.5 Å². The highest BCUT2D eigenvalue weighted by atomic mass is 32.1. The summed E-state index contributed by atoms with van der Waals surface area (Å²) >= 11 is 1.43. The maximum atomic E-state index is 13.9. The number of carbonyl (C=O) groups is 4. The van der Waals surface area contributed by atoms with E-state index in [9.17, 15) is 19.2 Å². The van der Waals surface area contributed by atoms with Gasteiger partial charge >= 0.3 is 0 Å². The number of rotatable bonds is 16. The summed E-state index contributed by atoms with van der Waals surface area (Å²) in [6, 6.07) is 8.61. The van der Waals surface area contributed by atoms with E-state index in [0.717, 1.165) is 49.1 Å². The van der Waals surface area contributed by atoms with Crippen LogP contribution in [-0.4, -0.2) is 83.6 Å². The fraction of sp³-hybridized carbons (Fsp3) is 0.583. The zero-order valence-corrected chi connectivity index (χ0v) is 29.4. The highest BCUT2D eigenvalue weighted by Gasteiger charge is 2.35. The Morgan fingerprint density at radius 1 is 1.13 bits per heavy atom.